The van der Waals surface area contributed by atoms with Crippen LogP contribution in [0.3, 0.4) is 0 Å². The number of aliphatic hydroxyl groups is 1. The van der Waals surface area contributed by atoms with Crippen LogP contribution in [0.15, 0.2) is 0 Å². The minimum Gasteiger partial charge on any atom is -0.479 e. The third-order valence-electron chi connectivity index (χ3n) is 2.44. The molecule has 6 heteroatoms. The summed E-state index contributed by atoms with van der Waals surface area (Å²) in [7, 11) is 0. The minimum atomic E-state index is -1.40. The molecule has 0 spiro atoms. The number of aliphatic hydroxyl groups excluding tert-OH is 1. The van der Waals surface area contributed by atoms with Crippen LogP contribution in [0.5, 0.6) is 0 Å². The Labute approximate surface area is 94.0 Å². The Kier molecular flexibility index (Phi) is 5.21. The monoisotopic (exact) mass is 230 g/mol. The lowest BCUT2D eigenvalue weighted by molar-refractivity contribution is -0.147. The average molecular weight is 230 g/mol. The topological polar surface area (TPSA) is 98.7 Å². The van der Waals surface area contributed by atoms with Crippen LogP contribution in [-0.4, -0.2) is 47.8 Å². The largest absolute Gasteiger partial charge is 0.479 e. The SMILES string of the molecule is O=C(CNCC1CC1)NCCC(O)C(=O)O. The van der Waals surface area contributed by atoms with Gasteiger partial charge in [-0.2, -0.15) is 0 Å². The van der Waals surface area contributed by atoms with Crippen LogP contribution >= 0.6 is 0 Å². The molecule has 1 saturated carbocycles. The number of hydrogen-bond donors (Lipinski definition) is 4. The van der Waals surface area contributed by atoms with E-state index in [0.717, 1.165) is 12.5 Å². The molecule has 1 unspecified atom stereocenters. The number of aliphatic carboxylic acids is 1. The predicted molar refractivity (Wildman–Crippen MR) is 56.9 cm³/mol. The minimum absolute atomic E-state index is 0.0314. The Morgan fingerprint density at radius 2 is 2.06 bits per heavy atom. The first kappa shape index (κ1) is 12.9. The van der Waals surface area contributed by atoms with Crippen molar-refractivity contribution in [2.45, 2.75) is 25.4 Å². The van der Waals surface area contributed by atoms with E-state index >= 15 is 0 Å². The van der Waals surface area contributed by atoms with E-state index in [-0.39, 0.29) is 25.4 Å². The first-order valence-electron chi connectivity index (χ1n) is 5.48. The first-order valence-corrected chi connectivity index (χ1v) is 5.48. The van der Waals surface area contributed by atoms with Crippen molar-refractivity contribution >= 4 is 11.9 Å². The zero-order valence-corrected chi connectivity index (χ0v) is 9.11. The molecule has 0 aromatic carbocycles. The van der Waals surface area contributed by atoms with Crippen molar-refractivity contribution in [3.8, 4) is 0 Å². The van der Waals surface area contributed by atoms with Gasteiger partial charge in [0.05, 0.1) is 6.54 Å². The fraction of sp³-hybridized carbons (Fsp3) is 0.800. The van der Waals surface area contributed by atoms with Gasteiger partial charge in [0, 0.05) is 13.0 Å². The molecule has 1 atom stereocenters. The van der Waals surface area contributed by atoms with Gasteiger partial charge >= 0.3 is 5.97 Å². The molecule has 16 heavy (non-hydrogen) atoms. The normalized spacial score (nSPS) is 16.8. The second kappa shape index (κ2) is 6.44. The summed E-state index contributed by atoms with van der Waals surface area (Å²) in [5.41, 5.74) is 0. The second-order valence-corrected chi connectivity index (χ2v) is 4.07. The van der Waals surface area contributed by atoms with Crippen LogP contribution in [-0.2, 0) is 9.59 Å². The zero-order valence-electron chi connectivity index (χ0n) is 9.11. The van der Waals surface area contributed by atoms with Gasteiger partial charge < -0.3 is 20.8 Å². The molecule has 4 N–H and O–H groups in total. The molecular weight excluding hydrogens is 212 g/mol. The van der Waals surface area contributed by atoms with Gasteiger partial charge in [-0.05, 0) is 25.3 Å². The van der Waals surface area contributed by atoms with E-state index in [2.05, 4.69) is 10.6 Å². The highest BCUT2D eigenvalue weighted by molar-refractivity contribution is 5.78. The summed E-state index contributed by atoms with van der Waals surface area (Å²) in [6.07, 6.45) is 1.10. The molecule has 0 aromatic heterocycles. The molecule has 1 aliphatic rings. The lowest BCUT2D eigenvalue weighted by atomic mass is 10.2. The van der Waals surface area contributed by atoms with Gasteiger partial charge in [-0.25, -0.2) is 4.79 Å². The number of carboxylic acid groups (broad SMARTS) is 1. The number of rotatable bonds is 8. The van der Waals surface area contributed by atoms with Crippen molar-refractivity contribution in [1.82, 2.24) is 10.6 Å². The maximum absolute atomic E-state index is 11.2. The predicted octanol–water partition coefficient (Wildman–Crippen LogP) is -1.06. The maximum atomic E-state index is 11.2. The summed E-state index contributed by atoms with van der Waals surface area (Å²) in [5.74, 6) is -0.707. The number of hydrogen-bond acceptors (Lipinski definition) is 4. The van der Waals surface area contributed by atoms with Crippen LogP contribution < -0.4 is 10.6 Å². The zero-order chi connectivity index (χ0) is 12.0. The van der Waals surface area contributed by atoms with Crippen LogP contribution in [0.2, 0.25) is 0 Å². The molecular formula is C10H18N2O4. The smallest absolute Gasteiger partial charge is 0.332 e. The Bertz CT molecular complexity index is 253. The molecule has 6 nitrogen and oxygen atoms in total. The van der Waals surface area contributed by atoms with E-state index in [9.17, 15) is 9.59 Å². The van der Waals surface area contributed by atoms with E-state index in [1.807, 2.05) is 0 Å². The molecule has 1 rings (SSSR count). The maximum Gasteiger partial charge on any atom is 0.332 e. The highest BCUT2D eigenvalue weighted by Gasteiger charge is 2.20. The fourth-order valence-corrected chi connectivity index (χ4v) is 1.25. The van der Waals surface area contributed by atoms with E-state index < -0.39 is 12.1 Å². The van der Waals surface area contributed by atoms with Gasteiger partial charge in [0.1, 0.15) is 0 Å². The van der Waals surface area contributed by atoms with Crippen molar-refractivity contribution in [2.24, 2.45) is 5.92 Å². The van der Waals surface area contributed by atoms with Crippen LogP contribution in [0, 0.1) is 5.92 Å². The molecule has 0 heterocycles. The van der Waals surface area contributed by atoms with Crippen LogP contribution in [0.25, 0.3) is 0 Å². The fourth-order valence-electron chi connectivity index (χ4n) is 1.25. The summed E-state index contributed by atoms with van der Waals surface area (Å²) < 4.78 is 0. The number of amides is 1. The lowest BCUT2D eigenvalue weighted by Gasteiger charge is -2.07. The third kappa shape index (κ3) is 5.67. The van der Waals surface area contributed by atoms with Crippen molar-refractivity contribution in [2.75, 3.05) is 19.6 Å². The molecule has 0 bridgehead atoms. The highest BCUT2D eigenvalue weighted by atomic mass is 16.4. The Morgan fingerprint density at radius 1 is 1.38 bits per heavy atom. The first-order chi connectivity index (χ1) is 7.59. The summed E-state index contributed by atoms with van der Waals surface area (Å²) >= 11 is 0. The summed E-state index contributed by atoms with van der Waals surface area (Å²) in [4.78, 5) is 21.4. The summed E-state index contributed by atoms with van der Waals surface area (Å²) in [6, 6.07) is 0. The molecule has 0 aromatic rings. The Balaban J connectivity index is 1.94. The third-order valence-corrected chi connectivity index (χ3v) is 2.44. The molecule has 92 valence electrons. The van der Waals surface area contributed by atoms with Crippen LogP contribution in [0.4, 0.5) is 0 Å². The van der Waals surface area contributed by atoms with Gasteiger partial charge in [-0.15, -0.1) is 0 Å². The molecule has 1 aliphatic carbocycles. The van der Waals surface area contributed by atoms with E-state index in [0.29, 0.717) is 0 Å². The quantitative estimate of drug-likeness (QED) is 0.426. The van der Waals surface area contributed by atoms with E-state index in [4.69, 9.17) is 10.2 Å². The number of carboxylic acids is 1. The highest BCUT2D eigenvalue weighted by Crippen LogP contribution is 2.27. The lowest BCUT2D eigenvalue weighted by Crippen LogP contribution is -2.36. The second-order valence-electron chi connectivity index (χ2n) is 4.07. The van der Waals surface area contributed by atoms with Gasteiger partial charge in [0.25, 0.3) is 0 Å². The Hall–Kier alpha value is -1.14. The molecule has 0 radical (unpaired) electrons. The van der Waals surface area contributed by atoms with Crippen LogP contribution in [0.1, 0.15) is 19.3 Å². The van der Waals surface area contributed by atoms with E-state index in [1.165, 1.54) is 12.8 Å². The number of carbonyl (C=O) groups excluding carboxylic acids is 1. The molecule has 1 amide bonds. The van der Waals surface area contributed by atoms with Crippen molar-refractivity contribution in [3.05, 3.63) is 0 Å². The summed E-state index contributed by atoms with van der Waals surface area (Å²) in [5, 5.41) is 22.9. The Morgan fingerprint density at radius 3 is 2.62 bits per heavy atom. The standard InChI is InChI=1S/C10H18N2O4/c13-8(10(15)16)3-4-12-9(14)6-11-5-7-1-2-7/h7-8,11,13H,1-6H2,(H,12,14)(H,15,16). The molecule has 0 aliphatic heterocycles. The molecule has 0 saturated heterocycles. The van der Waals surface area contributed by atoms with Crippen molar-refractivity contribution in [3.63, 3.8) is 0 Å². The summed E-state index contributed by atoms with van der Waals surface area (Å²) in [6.45, 7) is 1.29. The van der Waals surface area contributed by atoms with E-state index in [1.54, 1.807) is 0 Å². The number of carbonyl (C=O) groups is 2. The number of nitrogens with one attached hydrogen (secondary N) is 2. The van der Waals surface area contributed by atoms with Gasteiger partial charge in [0.15, 0.2) is 6.10 Å². The average Bonchev–Trinajstić information content (AvgIpc) is 3.01. The molecule has 1 fully saturated rings. The van der Waals surface area contributed by atoms with Gasteiger partial charge in [0.2, 0.25) is 5.91 Å². The van der Waals surface area contributed by atoms with Crippen molar-refractivity contribution < 1.29 is 19.8 Å². The van der Waals surface area contributed by atoms with Crippen molar-refractivity contribution in [1.29, 1.82) is 0 Å². The van der Waals surface area contributed by atoms with Gasteiger partial charge in [-0.1, -0.05) is 0 Å². The van der Waals surface area contributed by atoms with Gasteiger partial charge in [-0.3, -0.25) is 4.79 Å².